The molecule has 0 aliphatic carbocycles. The summed E-state index contributed by atoms with van der Waals surface area (Å²) in [6.45, 7) is 2.06. The molecule has 1 aromatic heterocycles. The first kappa shape index (κ1) is 17.6. The van der Waals surface area contributed by atoms with E-state index in [9.17, 15) is 15.2 Å². The number of aromatic nitrogens is 1. The fraction of sp³-hybridized carbons (Fsp3) is 0.150. The number of hydrogen-bond donors (Lipinski definition) is 2. The summed E-state index contributed by atoms with van der Waals surface area (Å²) in [4.78, 5) is 15.4. The lowest BCUT2D eigenvalue weighted by atomic mass is 10.00. The van der Waals surface area contributed by atoms with E-state index in [1.54, 1.807) is 35.6 Å². The first-order valence-corrected chi connectivity index (χ1v) is 8.69. The van der Waals surface area contributed by atoms with Crippen LogP contribution in [-0.2, 0) is 11.2 Å². The zero-order valence-corrected chi connectivity index (χ0v) is 15.1. The summed E-state index contributed by atoms with van der Waals surface area (Å²) in [5.74, 6) is 0.793. The second-order valence-corrected chi connectivity index (χ2v) is 6.49. The molecule has 1 aliphatic heterocycles. The van der Waals surface area contributed by atoms with Crippen molar-refractivity contribution in [3.8, 4) is 5.75 Å². The SMILES string of the molecule is CC1=CN(Nc2c(Cc3ccc4cccnc4c3O)cccc2[N+](=O)[O-])CO1. The lowest BCUT2D eigenvalue weighted by Gasteiger charge is -2.19. The topological polar surface area (TPSA) is 101 Å². The molecule has 8 heteroatoms. The van der Waals surface area contributed by atoms with Gasteiger partial charge < -0.3 is 9.84 Å². The van der Waals surface area contributed by atoms with E-state index in [0.29, 0.717) is 34.5 Å². The van der Waals surface area contributed by atoms with Gasteiger partial charge in [0.2, 0.25) is 0 Å². The number of hydrogen-bond acceptors (Lipinski definition) is 7. The van der Waals surface area contributed by atoms with Gasteiger partial charge in [0.15, 0.2) is 6.73 Å². The van der Waals surface area contributed by atoms with Crippen LogP contribution in [0, 0.1) is 10.1 Å². The van der Waals surface area contributed by atoms with E-state index in [-0.39, 0.29) is 18.2 Å². The molecular weight excluding hydrogens is 360 g/mol. The van der Waals surface area contributed by atoms with Crippen molar-refractivity contribution in [1.82, 2.24) is 9.99 Å². The second-order valence-electron chi connectivity index (χ2n) is 6.49. The normalized spacial score (nSPS) is 13.3. The Morgan fingerprint density at radius 2 is 2.11 bits per heavy atom. The first-order chi connectivity index (χ1) is 13.5. The molecule has 0 fully saturated rings. The second kappa shape index (κ2) is 7.07. The minimum atomic E-state index is -0.429. The number of phenolic OH excluding ortho intramolecular Hbond substituents is 1. The Labute approximate surface area is 160 Å². The molecule has 28 heavy (non-hydrogen) atoms. The van der Waals surface area contributed by atoms with Gasteiger partial charge in [0.05, 0.1) is 11.1 Å². The number of allylic oxidation sites excluding steroid dienone is 1. The number of rotatable bonds is 5. The molecule has 2 N–H and O–H groups in total. The number of benzene rings is 2. The molecule has 1 aliphatic rings. The molecule has 142 valence electrons. The highest BCUT2D eigenvalue weighted by Crippen LogP contribution is 2.34. The van der Waals surface area contributed by atoms with E-state index in [1.807, 2.05) is 25.1 Å². The summed E-state index contributed by atoms with van der Waals surface area (Å²) in [5, 5.41) is 24.7. The third kappa shape index (κ3) is 3.27. The van der Waals surface area contributed by atoms with Gasteiger partial charge in [-0.15, -0.1) is 0 Å². The zero-order valence-electron chi connectivity index (χ0n) is 15.1. The van der Waals surface area contributed by atoms with Gasteiger partial charge in [0, 0.05) is 29.6 Å². The molecule has 4 rings (SSSR count). The number of anilines is 1. The summed E-state index contributed by atoms with van der Waals surface area (Å²) < 4.78 is 5.37. The molecule has 0 radical (unpaired) electrons. The fourth-order valence-corrected chi connectivity index (χ4v) is 3.21. The molecule has 2 heterocycles. The number of fused-ring (bicyclic) bond motifs is 1. The number of nitro benzene ring substituents is 1. The lowest BCUT2D eigenvalue weighted by molar-refractivity contribution is -0.384. The van der Waals surface area contributed by atoms with Gasteiger partial charge in [-0.1, -0.05) is 30.3 Å². The largest absolute Gasteiger partial charge is 0.505 e. The smallest absolute Gasteiger partial charge is 0.294 e. The lowest BCUT2D eigenvalue weighted by Crippen LogP contribution is -2.24. The van der Waals surface area contributed by atoms with Gasteiger partial charge in [-0.3, -0.25) is 25.5 Å². The van der Waals surface area contributed by atoms with Crippen LogP contribution in [-0.4, -0.2) is 26.8 Å². The maximum absolute atomic E-state index is 11.5. The maximum Gasteiger partial charge on any atom is 0.294 e. The average molecular weight is 378 g/mol. The van der Waals surface area contributed by atoms with Crippen molar-refractivity contribution in [2.45, 2.75) is 13.3 Å². The minimum Gasteiger partial charge on any atom is -0.505 e. The van der Waals surface area contributed by atoms with Crippen LogP contribution in [0.15, 0.2) is 60.6 Å². The number of nitrogens with zero attached hydrogens (tertiary/aromatic N) is 3. The number of para-hydroxylation sites is 1. The van der Waals surface area contributed by atoms with E-state index >= 15 is 0 Å². The Morgan fingerprint density at radius 1 is 1.25 bits per heavy atom. The van der Waals surface area contributed by atoms with Crippen LogP contribution in [0.1, 0.15) is 18.1 Å². The molecule has 3 aromatic rings. The Hall–Kier alpha value is -3.81. The maximum atomic E-state index is 11.5. The van der Waals surface area contributed by atoms with Gasteiger partial charge in [-0.05, 0) is 18.6 Å². The predicted molar refractivity (Wildman–Crippen MR) is 104 cm³/mol. The van der Waals surface area contributed by atoms with E-state index in [0.717, 1.165) is 5.39 Å². The summed E-state index contributed by atoms with van der Waals surface area (Å²) >= 11 is 0. The quantitative estimate of drug-likeness (QED) is 0.513. The van der Waals surface area contributed by atoms with Crippen molar-refractivity contribution in [1.29, 1.82) is 0 Å². The van der Waals surface area contributed by atoms with Gasteiger partial charge >= 0.3 is 0 Å². The van der Waals surface area contributed by atoms with Crippen LogP contribution in [0.2, 0.25) is 0 Å². The summed E-state index contributed by atoms with van der Waals surface area (Å²) in [7, 11) is 0. The standard InChI is InChI=1S/C20H18N4O4/c1-13-11-23(12-28-13)22-18-15(4-2-6-17(18)24(26)27)10-16-8-7-14-5-3-9-21-19(14)20(16)25/h2-9,11,22,25H,10,12H2,1H3. The van der Waals surface area contributed by atoms with Gasteiger partial charge in [0.25, 0.3) is 5.69 Å². The van der Waals surface area contributed by atoms with Crippen LogP contribution < -0.4 is 5.43 Å². The Bertz CT molecular complexity index is 1100. The summed E-state index contributed by atoms with van der Waals surface area (Å²) in [5.41, 5.74) is 5.20. The van der Waals surface area contributed by atoms with E-state index < -0.39 is 4.92 Å². The van der Waals surface area contributed by atoms with Crippen molar-refractivity contribution in [2.24, 2.45) is 0 Å². The third-order valence-corrected chi connectivity index (χ3v) is 4.56. The molecule has 8 nitrogen and oxygen atoms in total. The van der Waals surface area contributed by atoms with Crippen LogP contribution in [0.3, 0.4) is 0 Å². The highest BCUT2D eigenvalue weighted by molar-refractivity contribution is 5.85. The van der Waals surface area contributed by atoms with Crippen molar-refractivity contribution >= 4 is 22.3 Å². The van der Waals surface area contributed by atoms with Crippen molar-refractivity contribution in [2.75, 3.05) is 12.2 Å². The van der Waals surface area contributed by atoms with E-state index in [2.05, 4.69) is 10.4 Å². The molecule has 0 bridgehead atoms. The number of phenols is 1. The molecule has 0 spiro atoms. The molecule has 2 aromatic carbocycles. The first-order valence-electron chi connectivity index (χ1n) is 8.69. The van der Waals surface area contributed by atoms with E-state index in [1.165, 1.54) is 6.07 Å². The van der Waals surface area contributed by atoms with Gasteiger partial charge in [0.1, 0.15) is 22.7 Å². The molecule has 0 saturated heterocycles. The number of nitrogens with one attached hydrogen (secondary N) is 1. The molecular formula is C20H18N4O4. The average Bonchev–Trinajstić information content (AvgIpc) is 3.10. The Kier molecular flexibility index (Phi) is 4.44. The Balaban J connectivity index is 1.74. The van der Waals surface area contributed by atoms with Crippen LogP contribution >= 0.6 is 0 Å². The number of aromatic hydroxyl groups is 1. The van der Waals surface area contributed by atoms with Gasteiger partial charge in [-0.2, -0.15) is 0 Å². The minimum absolute atomic E-state index is 0.0474. The zero-order chi connectivity index (χ0) is 19.7. The van der Waals surface area contributed by atoms with E-state index in [4.69, 9.17) is 4.74 Å². The summed E-state index contributed by atoms with van der Waals surface area (Å²) in [6, 6.07) is 12.2. The Morgan fingerprint density at radius 3 is 2.86 bits per heavy atom. The predicted octanol–water partition coefficient (Wildman–Crippen LogP) is 3.92. The highest BCUT2D eigenvalue weighted by atomic mass is 16.6. The van der Waals surface area contributed by atoms with Gasteiger partial charge in [-0.25, -0.2) is 0 Å². The number of pyridine rings is 1. The molecule has 0 saturated carbocycles. The summed E-state index contributed by atoms with van der Waals surface area (Å²) in [6.07, 6.45) is 3.66. The van der Waals surface area contributed by atoms with Crippen LogP contribution in [0.4, 0.5) is 11.4 Å². The molecule has 0 atom stereocenters. The van der Waals surface area contributed by atoms with Crippen LogP contribution in [0.25, 0.3) is 10.9 Å². The fourth-order valence-electron chi connectivity index (χ4n) is 3.21. The molecule has 0 amide bonds. The van der Waals surface area contributed by atoms with Crippen molar-refractivity contribution in [3.05, 3.63) is 81.9 Å². The van der Waals surface area contributed by atoms with Crippen molar-refractivity contribution < 1.29 is 14.8 Å². The third-order valence-electron chi connectivity index (χ3n) is 4.56. The number of ether oxygens (including phenoxy) is 1. The van der Waals surface area contributed by atoms with Crippen molar-refractivity contribution in [3.63, 3.8) is 0 Å². The number of nitro groups is 1. The number of hydrazine groups is 1. The van der Waals surface area contributed by atoms with Crippen LogP contribution in [0.5, 0.6) is 5.75 Å². The monoisotopic (exact) mass is 378 g/mol. The highest BCUT2D eigenvalue weighted by Gasteiger charge is 2.22. The molecule has 0 unspecified atom stereocenters.